The predicted octanol–water partition coefficient (Wildman–Crippen LogP) is 2.08. The molecule has 0 radical (unpaired) electrons. The topological polar surface area (TPSA) is 80.7 Å². The number of ether oxygens (including phenoxy) is 1. The van der Waals surface area contributed by atoms with Gasteiger partial charge in [0.1, 0.15) is 5.82 Å². The van der Waals surface area contributed by atoms with Gasteiger partial charge in [0.25, 0.3) is 0 Å². The fraction of sp³-hybridized carbons (Fsp3) is 0.333. The second kappa shape index (κ2) is 8.69. The van der Waals surface area contributed by atoms with Gasteiger partial charge in [0, 0.05) is 25.2 Å². The second-order valence-electron chi connectivity index (χ2n) is 7.07. The number of aromatic nitrogens is 2. The largest absolute Gasteiger partial charge is 0.441 e. The normalized spacial score (nSPS) is 18.6. The van der Waals surface area contributed by atoms with E-state index in [4.69, 9.17) is 9.26 Å². The van der Waals surface area contributed by atoms with Crippen molar-refractivity contribution in [3.05, 3.63) is 76.5 Å². The molecule has 1 aliphatic rings. The summed E-state index contributed by atoms with van der Waals surface area (Å²) in [7, 11) is 0. The van der Waals surface area contributed by atoms with Crippen LogP contribution in [0.15, 0.2) is 63.9 Å². The minimum atomic E-state index is -0.790. The highest BCUT2D eigenvalue weighted by atomic mass is 19.1. The lowest BCUT2D eigenvalue weighted by molar-refractivity contribution is -0.0435. The van der Waals surface area contributed by atoms with Crippen LogP contribution in [-0.2, 0) is 11.3 Å². The van der Waals surface area contributed by atoms with Crippen LogP contribution >= 0.6 is 0 Å². The Bertz CT molecular complexity index is 987. The molecular weight excluding hydrogens is 377 g/mol. The van der Waals surface area contributed by atoms with Gasteiger partial charge in [0.05, 0.1) is 25.4 Å². The summed E-state index contributed by atoms with van der Waals surface area (Å²) < 4.78 is 25.1. The molecule has 1 aromatic heterocycles. The van der Waals surface area contributed by atoms with Crippen molar-refractivity contribution in [3.8, 4) is 11.4 Å². The van der Waals surface area contributed by atoms with Crippen molar-refractivity contribution in [2.45, 2.75) is 18.8 Å². The lowest BCUT2D eigenvalue weighted by atomic mass is 10.1. The first kappa shape index (κ1) is 19.5. The molecule has 0 spiro atoms. The van der Waals surface area contributed by atoms with Crippen LogP contribution in [0.2, 0.25) is 0 Å². The number of hydrogen-bond donors (Lipinski definition) is 1. The van der Waals surface area contributed by atoms with E-state index in [-0.39, 0.29) is 18.5 Å². The smallest absolute Gasteiger partial charge is 0.390 e. The maximum atomic E-state index is 13.1. The standard InChI is InChI=1S/C21H22FN3O4/c22-17-8-6-15(7-9-17)19-14-24(10-11-28-19)12-18(26)13-25-20(23-29-21(25)27)16-4-2-1-3-5-16/h1-9,18-19,26H,10-14H2/t18-,19+/m0/s1. The molecule has 7 nitrogen and oxygen atoms in total. The van der Waals surface area contributed by atoms with Crippen LogP contribution in [0.1, 0.15) is 11.7 Å². The van der Waals surface area contributed by atoms with Gasteiger partial charge in [-0.1, -0.05) is 47.6 Å². The summed E-state index contributed by atoms with van der Waals surface area (Å²) in [5.41, 5.74) is 1.64. The molecule has 2 aromatic carbocycles. The summed E-state index contributed by atoms with van der Waals surface area (Å²) in [6, 6.07) is 15.5. The summed E-state index contributed by atoms with van der Waals surface area (Å²) >= 11 is 0. The Kier molecular flexibility index (Phi) is 5.84. The Morgan fingerprint density at radius 2 is 1.90 bits per heavy atom. The first-order valence-corrected chi connectivity index (χ1v) is 9.49. The van der Waals surface area contributed by atoms with Crippen LogP contribution in [0.3, 0.4) is 0 Å². The van der Waals surface area contributed by atoms with Gasteiger partial charge >= 0.3 is 5.76 Å². The number of benzene rings is 2. The van der Waals surface area contributed by atoms with Gasteiger partial charge in [-0.15, -0.1) is 0 Å². The number of aliphatic hydroxyl groups is 1. The zero-order chi connectivity index (χ0) is 20.2. The van der Waals surface area contributed by atoms with Crippen LogP contribution < -0.4 is 5.76 Å². The minimum absolute atomic E-state index is 0.0745. The van der Waals surface area contributed by atoms with Gasteiger partial charge in [-0.05, 0) is 17.7 Å². The quantitative estimate of drug-likeness (QED) is 0.684. The number of rotatable bonds is 6. The van der Waals surface area contributed by atoms with E-state index >= 15 is 0 Å². The maximum Gasteiger partial charge on any atom is 0.441 e. The molecule has 152 valence electrons. The summed E-state index contributed by atoms with van der Waals surface area (Å²) in [6.07, 6.45) is -0.976. The van der Waals surface area contributed by atoms with Gasteiger partial charge in [-0.3, -0.25) is 14.0 Å². The number of halogens is 1. The maximum absolute atomic E-state index is 13.1. The fourth-order valence-electron chi connectivity index (χ4n) is 3.54. The molecule has 1 N–H and O–H groups in total. The molecule has 0 saturated carbocycles. The number of morpholine rings is 1. The number of nitrogens with zero attached hydrogens (tertiary/aromatic N) is 3. The third-order valence-corrected chi connectivity index (χ3v) is 4.97. The zero-order valence-corrected chi connectivity index (χ0v) is 15.8. The lowest BCUT2D eigenvalue weighted by Crippen LogP contribution is -2.43. The van der Waals surface area contributed by atoms with E-state index in [1.54, 1.807) is 12.1 Å². The van der Waals surface area contributed by atoms with Crippen molar-refractivity contribution < 1.29 is 18.8 Å². The molecule has 0 bridgehead atoms. The Hall–Kier alpha value is -2.81. The van der Waals surface area contributed by atoms with E-state index in [0.717, 1.165) is 11.1 Å². The van der Waals surface area contributed by atoms with Crippen molar-refractivity contribution in [2.24, 2.45) is 0 Å². The summed E-state index contributed by atoms with van der Waals surface area (Å²) in [5, 5.41) is 14.4. The van der Waals surface area contributed by atoms with Gasteiger partial charge < -0.3 is 9.84 Å². The molecule has 0 unspecified atom stereocenters. The van der Waals surface area contributed by atoms with Crippen molar-refractivity contribution in [3.63, 3.8) is 0 Å². The van der Waals surface area contributed by atoms with Crippen LogP contribution in [-0.4, -0.2) is 52.1 Å². The first-order valence-electron chi connectivity index (χ1n) is 9.49. The predicted molar refractivity (Wildman–Crippen MR) is 104 cm³/mol. The van der Waals surface area contributed by atoms with Crippen LogP contribution in [0, 0.1) is 5.82 Å². The highest BCUT2D eigenvalue weighted by Gasteiger charge is 2.25. The molecule has 8 heteroatoms. The van der Waals surface area contributed by atoms with Crippen molar-refractivity contribution in [1.82, 2.24) is 14.6 Å². The molecule has 3 aromatic rings. The zero-order valence-electron chi connectivity index (χ0n) is 15.8. The molecule has 2 heterocycles. The van der Waals surface area contributed by atoms with E-state index < -0.39 is 11.9 Å². The Morgan fingerprint density at radius 1 is 1.14 bits per heavy atom. The van der Waals surface area contributed by atoms with Gasteiger partial charge in [0.15, 0.2) is 5.82 Å². The number of β-amino-alcohol motifs (C(OH)–C–C–N with tert-alkyl or cyclic N) is 1. The van der Waals surface area contributed by atoms with E-state index in [1.807, 2.05) is 30.3 Å². The van der Waals surface area contributed by atoms with E-state index in [9.17, 15) is 14.3 Å². The van der Waals surface area contributed by atoms with E-state index in [1.165, 1.54) is 16.7 Å². The number of aliphatic hydroxyl groups excluding tert-OH is 1. The van der Waals surface area contributed by atoms with Gasteiger partial charge in [0.2, 0.25) is 0 Å². The Morgan fingerprint density at radius 3 is 2.66 bits per heavy atom. The second-order valence-corrected chi connectivity index (χ2v) is 7.07. The van der Waals surface area contributed by atoms with Gasteiger partial charge in [-0.25, -0.2) is 9.18 Å². The molecule has 0 aliphatic carbocycles. The number of hydrogen-bond acceptors (Lipinski definition) is 6. The first-order chi connectivity index (χ1) is 14.1. The third kappa shape index (κ3) is 4.61. The molecule has 1 aliphatic heterocycles. The van der Waals surface area contributed by atoms with Crippen LogP contribution in [0.25, 0.3) is 11.4 Å². The molecule has 1 fully saturated rings. The molecule has 4 rings (SSSR count). The van der Waals surface area contributed by atoms with Crippen molar-refractivity contribution >= 4 is 0 Å². The minimum Gasteiger partial charge on any atom is -0.390 e. The highest BCUT2D eigenvalue weighted by Crippen LogP contribution is 2.23. The third-order valence-electron chi connectivity index (χ3n) is 4.97. The summed E-state index contributed by atoms with van der Waals surface area (Å²) in [4.78, 5) is 14.1. The average Bonchev–Trinajstić information content (AvgIpc) is 3.09. The summed E-state index contributed by atoms with van der Waals surface area (Å²) in [5.74, 6) is -0.500. The van der Waals surface area contributed by atoms with Gasteiger partial charge in [-0.2, -0.15) is 0 Å². The molecule has 1 saturated heterocycles. The molecule has 2 atom stereocenters. The van der Waals surface area contributed by atoms with Crippen molar-refractivity contribution in [2.75, 3.05) is 26.2 Å². The molecule has 0 amide bonds. The lowest BCUT2D eigenvalue weighted by Gasteiger charge is -2.34. The highest BCUT2D eigenvalue weighted by molar-refractivity contribution is 5.54. The monoisotopic (exact) mass is 399 g/mol. The summed E-state index contributed by atoms with van der Waals surface area (Å²) in [6.45, 7) is 2.20. The van der Waals surface area contributed by atoms with Crippen LogP contribution in [0.5, 0.6) is 0 Å². The average molecular weight is 399 g/mol. The molecular formula is C21H22FN3O4. The Balaban J connectivity index is 1.41. The van der Waals surface area contributed by atoms with E-state index in [0.29, 0.717) is 32.1 Å². The van der Waals surface area contributed by atoms with Crippen LogP contribution in [0.4, 0.5) is 4.39 Å². The van der Waals surface area contributed by atoms with Crippen molar-refractivity contribution in [1.29, 1.82) is 0 Å². The SMILES string of the molecule is O=c1onc(-c2ccccc2)n1C[C@@H](O)CN1CCO[C@@H](c2ccc(F)cc2)C1. The van der Waals surface area contributed by atoms with E-state index in [2.05, 4.69) is 10.1 Å². The molecule has 29 heavy (non-hydrogen) atoms. The Labute approximate surface area is 166 Å². The fourth-order valence-corrected chi connectivity index (χ4v) is 3.54.